The van der Waals surface area contributed by atoms with Crippen molar-refractivity contribution >= 4 is 17.7 Å². The van der Waals surface area contributed by atoms with E-state index in [9.17, 15) is 4.79 Å². The molecule has 0 aliphatic rings. The lowest BCUT2D eigenvalue weighted by atomic mass is 10.0. The second kappa shape index (κ2) is 10.3. The zero-order chi connectivity index (χ0) is 21.5. The average Bonchev–Trinajstić information content (AvgIpc) is 3.15. The van der Waals surface area contributed by atoms with Gasteiger partial charge in [0.05, 0.1) is 11.8 Å². The SMILES string of the molecule is C=CCn1c(SCC(=O)NC(C)c2ccccc2)nnc1-c1ccc(C(C)C)cc1. The molecule has 0 saturated carbocycles. The molecule has 1 N–H and O–H groups in total. The molecule has 3 rings (SSSR count). The number of nitrogens with one attached hydrogen (secondary N) is 1. The summed E-state index contributed by atoms with van der Waals surface area (Å²) in [6.07, 6.45) is 1.82. The first-order chi connectivity index (χ1) is 14.5. The highest BCUT2D eigenvalue weighted by Crippen LogP contribution is 2.26. The number of amides is 1. The van der Waals surface area contributed by atoms with Crippen molar-refractivity contribution in [3.05, 3.63) is 78.4 Å². The van der Waals surface area contributed by atoms with Crippen LogP contribution in [0.25, 0.3) is 11.4 Å². The largest absolute Gasteiger partial charge is 0.349 e. The van der Waals surface area contributed by atoms with E-state index in [1.54, 1.807) is 0 Å². The molecule has 0 aliphatic heterocycles. The van der Waals surface area contributed by atoms with Crippen LogP contribution in [0.5, 0.6) is 0 Å². The summed E-state index contributed by atoms with van der Waals surface area (Å²) < 4.78 is 2.00. The lowest BCUT2D eigenvalue weighted by molar-refractivity contribution is -0.119. The van der Waals surface area contributed by atoms with Gasteiger partial charge in [0.1, 0.15) is 0 Å². The van der Waals surface area contributed by atoms with E-state index in [-0.39, 0.29) is 17.7 Å². The molecule has 1 amide bonds. The predicted octanol–water partition coefficient (Wildman–Crippen LogP) is 5.22. The van der Waals surface area contributed by atoms with Gasteiger partial charge in [0.15, 0.2) is 11.0 Å². The Bertz CT molecular complexity index is 980. The minimum atomic E-state index is -0.0413. The molecule has 156 valence electrons. The van der Waals surface area contributed by atoms with Crippen molar-refractivity contribution in [3.63, 3.8) is 0 Å². The summed E-state index contributed by atoms with van der Waals surface area (Å²) in [5.74, 6) is 1.50. The smallest absolute Gasteiger partial charge is 0.230 e. The number of allylic oxidation sites excluding steroid dienone is 1. The maximum atomic E-state index is 12.4. The lowest BCUT2D eigenvalue weighted by Crippen LogP contribution is -2.28. The molecule has 1 heterocycles. The molecule has 3 aromatic rings. The van der Waals surface area contributed by atoms with E-state index in [2.05, 4.69) is 60.2 Å². The van der Waals surface area contributed by atoms with Crippen molar-refractivity contribution in [1.82, 2.24) is 20.1 Å². The van der Waals surface area contributed by atoms with Crippen molar-refractivity contribution in [2.75, 3.05) is 5.75 Å². The molecule has 2 aromatic carbocycles. The molecule has 30 heavy (non-hydrogen) atoms. The van der Waals surface area contributed by atoms with Crippen LogP contribution in [0.1, 0.15) is 43.9 Å². The molecule has 0 saturated heterocycles. The van der Waals surface area contributed by atoms with Crippen molar-refractivity contribution in [2.24, 2.45) is 0 Å². The van der Waals surface area contributed by atoms with Crippen LogP contribution in [0, 0.1) is 0 Å². The highest BCUT2D eigenvalue weighted by Gasteiger charge is 2.16. The first-order valence-corrected chi connectivity index (χ1v) is 11.1. The molecule has 0 fully saturated rings. The summed E-state index contributed by atoms with van der Waals surface area (Å²) in [7, 11) is 0. The maximum absolute atomic E-state index is 12.4. The number of carbonyl (C=O) groups is 1. The standard InChI is InChI=1S/C24H28N4OS/c1-5-15-28-23(21-13-11-19(12-14-21)17(2)3)26-27-24(28)30-16-22(29)25-18(4)20-9-7-6-8-10-20/h5-14,17-18H,1,15-16H2,2-4H3,(H,25,29). The van der Waals surface area contributed by atoms with E-state index in [1.165, 1.54) is 17.3 Å². The number of rotatable bonds is 9. The Labute approximate surface area is 182 Å². The Kier molecular flexibility index (Phi) is 7.46. The molecule has 1 unspecified atom stereocenters. The topological polar surface area (TPSA) is 59.8 Å². The molecular formula is C24H28N4OS. The van der Waals surface area contributed by atoms with Gasteiger partial charge in [0.2, 0.25) is 5.91 Å². The van der Waals surface area contributed by atoms with Gasteiger partial charge < -0.3 is 5.32 Å². The van der Waals surface area contributed by atoms with Gasteiger partial charge in [-0.15, -0.1) is 16.8 Å². The second-order valence-electron chi connectivity index (χ2n) is 7.47. The third-order valence-corrected chi connectivity index (χ3v) is 5.84. The number of hydrogen-bond acceptors (Lipinski definition) is 4. The number of hydrogen-bond donors (Lipinski definition) is 1. The van der Waals surface area contributed by atoms with Crippen LogP contribution >= 0.6 is 11.8 Å². The Morgan fingerprint density at radius 2 is 1.77 bits per heavy atom. The van der Waals surface area contributed by atoms with Gasteiger partial charge in [-0.3, -0.25) is 9.36 Å². The maximum Gasteiger partial charge on any atom is 0.230 e. The van der Waals surface area contributed by atoms with Crippen molar-refractivity contribution < 1.29 is 4.79 Å². The Morgan fingerprint density at radius 1 is 1.07 bits per heavy atom. The van der Waals surface area contributed by atoms with Crippen molar-refractivity contribution in [3.8, 4) is 11.4 Å². The minimum absolute atomic E-state index is 0.0349. The quantitative estimate of drug-likeness (QED) is 0.381. The van der Waals surface area contributed by atoms with E-state index in [0.29, 0.717) is 17.6 Å². The normalized spacial score (nSPS) is 12.0. The van der Waals surface area contributed by atoms with Crippen LogP contribution in [-0.4, -0.2) is 26.4 Å². The molecular weight excluding hydrogens is 392 g/mol. The highest BCUT2D eigenvalue weighted by atomic mass is 32.2. The van der Waals surface area contributed by atoms with Gasteiger partial charge >= 0.3 is 0 Å². The molecule has 5 nitrogen and oxygen atoms in total. The predicted molar refractivity (Wildman–Crippen MR) is 123 cm³/mol. The monoisotopic (exact) mass is 420 g/mol. The van der Waals surface area contributed by atoms with E-state index in [0.717, 1.165) is 17.0 Å². The first kappa shape index (κ1) is 21.8. The number of thioether (sulfide) groups is 1. The molecule has 6 heteroatoms. The van der Waals surface area contributed by atoms with Crippen LogP contribution in [0.4, 0.5) is 0 Å². The molecule has 0 aliphatic carbocycles. The van der Waals surface area contributed by atoms with Gasteiger partial charge in [-0.05, 0) is 24.0 Å². The molecule has 0 radical (unpaired) electrons. The summed E-state index contributed by atoms with van der Waals surface area (Å²) >= 11 is 1.39. The fourth-order valence-electron chi connectivity index (χ4n) is 3.16. The van der Waals surface area contributed by atoms with Gasteiger partial charge in [0.25, 0.3) is 0 Å². The summed E-state index contributed by atoms with van der Waals surface area (Å²) in [6, 6.07) is 18.3. The van der Waals surface area contributed by atoms with E-state index in [4.69, 9.17) is 0 Å². The number of aromatic nitrogens is 3. The average molecular weight is 421 g/mol. The second-order valence-corrected chi connectivity index (χ2v) is 8.41. The fraction of sp³-hybridized carbons (Fsp3) is 0.292. The van der Waals surface area contributed by atoms with Gasteiger partial charge in [0, 0.05) is 12.1 Å². The van der Waals surface area contributed by atoms with Crippen LogP contribution in [0.3, 0.4) is 0 Å². The van der Waals surface area contributed by atoms with E-state index < -0.39 is 0 Å². The molecule has 0 spiro atoms. The lowest BCUT2D eigenvalue weighted by Gasteiger charge is -2.14. The van der Waals surface area contributed by atoms with Crippen LogP contribution in [0.15, 0.2) is 72.4 Å². The summed E-state index contributed by atoms with van der Waals surface area (Å²) in [5, 5.41) is 12.4. The first-order valence-electron chi connectivity index (χ1n) is 10.1. The van der Waals surface area contributed by atoms with Gasteiger partial charge in [-0.25, -0.2) is 0 Å². The van der Waals surface area contributed by atoms with Crippen LogP contribution < -0.4 is 5.32 Å². The number of nitrogens with zero attached hydrogens (tertiary/aromatic N) is 3. The van der Waals surface area contributed by atoms with Gasteiger partial charge in [-0.2, -0.15) is 0 Å². The number of carbonyl (C=O) groups excluding carboxylic acids is 1. The van der Waals surface area contributed by atoms with Crippen molar-refractivity contribution in [1.29, 1.82) is 0 Å². The molecule has 0 bridgehead atoms. The summed E-state index contributed by atoms with van der Waals surface area (Å²) in [6.45, 7) is 10.8. The minimum Gasteiger partial charge on any atom is -0.349 e. The van der Waals surface area contributed by atoms with E-state index >= 15 is 0 Å². The molecule has 1 atom stereocenters. The Morgan fingerprint density at radius 3 is 2.40 bits per heavy atom. The fourth-order valence-corrected chi connectivity index (χ4v) is 3.92. The number of benzene rings is 2. The molecule has 1 aromatic heterocycles. The van der Waals surface area contributed by atoms with E-state index in [1.807, 2.05) is 47.9 Å². The van der Waals surface area contributed by atoms with Crippen molar-refractivity contribution in [2.45, 2.75) is 44.4 Å². The third-order valence-electron chi connectivity index (χ3n) is 4.87. The third kappa shape index (κ3) is 5.39. The zero-order valence-corrected chi connectivity index (χ0v) is 18.5. The zero-order valence-electron chi connectivity index (χ0n) is 17.7. The van der Waals surface area contributed by atoms with Gasteiger partial charge in [-0.1, -0.05) is 86.3 Å². The Hall–Kier alpha value is -2.86. The summed E-state index contributed by atoms with van der Waals surface area (Å²) in [4.78, 5) is 12.4. The van der Waals surface area contributed by atoms with Crippen LogP contribution in [-0.2, 0) is 11.3 Å². The van der Waals surface area contributed by atoms with Crippen LogP contribution in [0.2, 0.25) is 0 Å². The summed E-state index contributed by atoms with van der Waals surface area (Å²) in [5.41, 5.74) is 3.37. The Balaban J connectivity index is 1.69. The highest BCUT2D eigenvalue weighted by molar-refractivity contribution is 7.99.